The molecule has 0 aliphatic heterocycles. The molecule has 7 heteroatoms. The fraction of sp³-hybridized carbons (Fsp3) is 0.227. The van der Waals surface area contributed by atoms with Gasteiger partial charge in [0.1, 0.15) is 0 Å². The summed E-state index contributed by atoms with van der Waals surface area (Å²) in [5.74, 6) is 0.575. The number of fused-ring (bicyclic) bond motifs is 1. The van der Waals surface area contributed by atoms with E-state index in [1.807, 2.05) is 67.3 Å². The van der Waals surface area contributed by atoms with Crippen LogP contribution >= 0.6 is 0 Å². The monoisotopic (exact) mass is 389 g/mol. The number of benzene rings is 1. The first-order chi connectivity index (χ1) is 14.1. The molecule has 1 N–H and O–H groups in total. The first kappa shape index (κ1) is 18.9. The van der Waals surface area contributed by atoms with Gasteiger partial charge in [-0.15, -0.1) is 0 Å². The molecule has 29 heavy (non-hydrogen) atoms. The maximum Gasteiger partial charge on any atom is 0.260 e. The van der Waals surface area contributed by atoms with Crippen LogP contribution in [0, 0.1) is 0 Å². The van der Waals surface area contributed by atoms with Gasteiger partial charge in [0.15, 0.2) is 5.65 Å². The molecule has 7 nitrogen and oxygen atoms in total. The first-order valence-electron chi connectivity index (χ1n) is 9.51. The summed E-state index contributed by atoms with van der Waals surface area (Å²) in [5.41, 5.74) is 2.99. The van der Waals surface area contributed by atoms with Gasteiger partial charge in [-0.1, -0.05) is 18.2 Å². The van der Waals surface area contributed by atoms with Gasteiger partial charge in [0.2, 0.25) is 5.88 Å². The summed E-state index contributed by atoms with van der Waals surface area (Å²) in [6.07, 6.45) is 6.02. The van der Waals surface area contributed by atoms with E-state index in [1.165, 1.54) is 6.33 Å². The number of aromatic amines is 1. The van der Waals surface area contributed by atoms with Crippen molar-refractivity contribution in [3.8, 4) is 22.7 Å². The van der Waals surface area contributed by atoms with Gasteiger partial charge in [-0.3, -0.25) is 4.79 Å². The lowest BCUT2D eigenvalue weighted by atomic mass is 10.1. The minimum Gasteiger partial charge on any atom is -0.478 e. The number of hydrogen-bond donors (Lipinski definition) is 1. The van der Waals surface area contributed by atoms with Crippen LogP contribution in [-0.2, 0) is 0 Å². The number of ether oxygens (including phenoxy) is 1. The zero-order valence-corrected chi connectivity index (χ0v) is 16.5. The quantitative estimate of drug-likeness (QED) is 0.492. The fourth-order valence-corrected chi connectivity index (χ4v) is 3.26. The molecule has 0 unspecified atom stereocenters. The Kier molecular flexibility index (Phi) is 5.39. The Morgan fingerprint density at radius 2 is 1.93 bits per heavy atom. The van der Waals surface area contributed by atoms with Crippen LogP contribution in [-0.4, -0.2) is 51.7 Å². The van der Waals surface area contributed by atoms with E-state index in [2.05, 4.69) is 19.9 Å². The van der Waals surface area contributed by atoms with Crippen LogP contribution < -0.4 is 10.3 Å². The second-order valence-corrected chi connectivity index (χ2v) is 7.07. The van der Waals surface area contributed by atoms with Gasteiger partial charge in [-0.2, -0.15) is 0 Å². The van der Waals surface area contributed by atoms with E-state index in [4.69, 9.17) is 4.74 Å². The van der Waals surface area contributed by atoms with Crippen molar-refractivity contribution in [3.63, 3.8) is 0 Å². The van der Waals surface area contributed by atoms with Crippen LogP contribution in [0.1, 0.15) is 6.42 Å². The van der Waals surface area contributed by atoms with Crippen molar-refractivity contribution in [2.45, 2.75) is 6.42 Å². The highest BCUT2D eigenvalue weighted by molar-refractivity contribution is 5.94. The highest BCUT2D eigenvalue weighted by atomic mass is 16.5. The molecule has 0 saturated carbocycles. The van der Waals surface area contributed by atoms with Crippen molar-refractivity contribution in [2.24, 2.45) is 0 Å². The van der Waals surface area contributed by atoms with Crippen LogP contribution in [0.2, 0.25) is 0 Å². The molecule has 0 amide bonds. The first-order valence-corrected chi connectivity index (χ1v) is 9.51. The smallest absolute Gasteiger partial charge is 0.260 e. The molecule has 1 aromatic carbocycles. The average molecular weight is 389 g/mol. The van der Waals surface area contributed by atoms with E-state index in [1.54, 1.807) is 6.20 Å². The standard InChI is InChI=1S/C22H23N5O2/c1-26(2)11-6-12-29-19-10-9-16(13-23-19)18-14-27(17-7-4-3-5-8-17)21-20(18)22(28)25-15-24-21/h3-5,7-10,13-15H,6,11-12H2,1-2H3,(H,24,25,28). The summed E-state index contributed by atoms with van der Waals surface area (Å²) in [5, 5.41) is 0.540. The number of rotatable bonds is 7. The molecular formula is C22H23N5O2. The van der Waals surface area contributed by atoms with Crippen molar-refractivity contribution < 1.29 is 4.74 Å². The number of hydrogen-bond acceptors (Lipinski definition) is 5. The summed E-state index contributed by atoms with van der Waals surface area (Å²) in [4.78, 5) is 26.2. The van der Waals surface area contributed by atoms with Crippen molar-refractivity contribution in [1.82, 2.24) is 24.4 Å². The van der Waals surface area contributed by atoms with Crippen molar-refractivity contribution in [3.05, 3.63) is 71.5 Å². The predicted octanol–water partition coefficient (Wildman–Crippen LogP) is 3.11. The van der Waals surface area contributed by atoms with Gasteiger partial charge in [-0.05, 0) is 38.7 Å². The summed E-state index contributed by atoms with van der Waals surface area (Å²) in [7, 11) is 4.07. The molecule has 3 heterocycles. The molecule has 0 saturated heterocycles. The highest BCUT2D eigenvalue weighted by Gasteiger charge is 2.16. The Hall–Kier alpha value is -3.45. The molecule has 4 aromatic rings. The maximum atomic E-state index is 12.6. The molecule has 0 fully saturated rings. The van der Waals surface area contributed by atoms with Gasteiger partial charge < -0.3 is 19.2 Å². The molecule has 0 bridgehead atoms. The van der Waals surface area contributed by atoms with E-state index < -0.39 is 0 Å². The van der Waals surface area contributed by atoms with E-state index in [0.29, 0.717) is 23.5 Å². The molecule has 0 aliphatic rings. The summed E-state index contributed by atoms with van der Waals surface area (Å²) >= 11 is 0. The Morgan fingerprint density at radius 1 is 1.10 bits per heavy atom. The topological polar surface area (TPSA) is 76.0 Å². The Morgan fingerprint density at radius 3 is 2.66 bits per heavy atom. The number of nitrogens with one attached hydrogen (secondary N) is 1. The number of aromatic nitrogens is 4. The van der Waals surface area contributed by atoms with E-state index in [-0.39, 0.29) is 5.56 Å². The van der Waals surface area contributed by atoms with Gasteiger partial charge >= 0.3 is 0 Å². The van der Waals surface area contributed by atoms with Gasteiger partial charge in [-0.25, -0.2) is 9.97 Å². The minimum absolute atomic E-state index is 0.177. The summed E-state index contributed by atoms with van der Waals surface area (Å²) in [6, 6.07) is 13.6. The zero-order chi connectivity index (χ0) is 20.2. The molecule has 148 valence electrons. The van der Waals surface area contributed by atoms with Crippen LogP contribution in [0.25, 0.3) is 27.8 Å². The van der Waals surface area contributed by atoms with Crippen LogP contribution in [0.5, 0.6) is 5.88 Å². The lowest BCUT2D eigenvalue weighted by molar-refractivity contribution is 0.273. The second kappa shape index (κ2) is 8.28. The predicted molar refractivity (Wildman–Crippen MR) is 114 cm³/mol. The molecule has 0 spiro atoms. The molecule has 0 aliphatic carbocycles. The lowest BCUT2D eigenvalue weighted by Crippen LogP contribution is -2.15. The Labute approximate surface area is 168 Å². The molecular weight excluding hydrogens is 366 g/mol. The average Bonchev–Trinajstić information content (AvgIpc) is 3.13. The molecule has 0 atom stereocenters. The van der Waals surface area contributed by atoms with Crippen molar-refractivity contribution in [1.29, 1.82) is 0 Å². The van der Waals surface area contributed by atoms with Crippen LogP contribution in [0.4, 0.5) is 0 Å². The van der Waals surface area contributed by atoms with E-state index in [9.17, 15) is 4.79 Å². The van der Waals surface area contributed by atoms with E-state index >= 15 is 0 Å². The zero-order valence-electron chi connectivity index (χ0n) is 16.5. The lowest BCUT2D eigenvalue weighted by Gasteiger charge is -2.10. The normalized spacial score (nSPS) is 11.3. The highest BCUT2D eigenvalue weighted by Crippen LogP contribution is 2.29. The summed E-state index contributed by atoms with van der Waals surface area (Å²) in [6.45, 7) is 1.58. The number of para-hydroxylation sites is 1. The summed E-state index contributed by atoms with van der Waals surface area (Å²) < 4.78 is 7.63. The number of nitrogens with zero attached hydrogens (tertiary/aromatic N) is 4. The van der Waals surface area contributed by atoms with Crippen molar-refractivity contribution >= 4 is 11.0 Å². The Bertz CT molecular complexity index is 1150. The minimum atomic E-state index is -0.177. The van der Waals surface area contributed by atoms with Gasteiger partial charge in [0.05, 0.1) is 18.3 Å². The van der Waals surface area contributed by atoms with Gasteiger partial charge in [0, 0.05) is 41.8 Å². The SMILES string of the molecule is CN(C)CCCOc1ccc(-c2cn(-c3ccccc3)c3nc[nH]c(=O)c23)cn1. The van der Waals surface area contributed by atoms with Crippen LogP contribution in [0.3, 0.4) is 0 Å². The largest absolute Gasteiger partial charge is 0.478 e. The molecule has 4 rings (SSSR count). The molecule has 3 aromatic heterocycles. The number of H-pyrrole nitrogens is 1. The van der Waals surface area contributed by atoms with E-state index in [0.717, 1.165) is 29.8 Å². The van der Waals surface area contributed by atoms with Gasteiger partial charge in [0.25, 0.3) is 5.56 Å². The third-order valence-corrected chi connectivity index (χ3v) is 4.67. The molecule has 0 radical (unpaired) electrons. The third kappa shape index (κ3) is 4.05. The van der Waals surface area contributed by atoms with Crippen molar-refractivity contribution in [2.75, 3.05) is 27.2 Å². The number of pyridine rings is 1. The van der Waals surface area contributed by atoms with Crippen LogP contribution in [0.15, 0.2) is 66.0 Å². The maximum absolute atomic E-state index is 12.6. The third-order valence-electron chi connectivity index (χ3n) is 4.67. The fourth-order valence-electron chi connectivity index (χ4n) is 3.26. The Balaban J connectivity index is 1.67. The second-order valence-electron chi connectivity index (χ2n) is 7.07.